The third kappa shape index (κ3) is 2.95. The summed E-state index contributed by atoms with van der Waals surface area (Å²) in [5.41, 5.74) is 0. The van der Waals surface area contributed by atoms with Crippen LogP contribution in [0.1, 0.15) is 25.5 Å². The van der Waals surface area contributed by atoms with Crippen LogP contribution in [0.25, 0.3) is 0 Å². The van der Waals surface area contributed by atoms with Crippen molar-refractivity contribution < 1.29 is 4.42 Å². The van der Waals surface area contributed by atoms with Gasteiger partial charge in [-0.05, 0) is 30.9 Å². The van der Waals surface area contributed by atoms with Gasteiger partial charge in [-0.2, -0.15) is 0 Å². The van der Waals surface area contributed by atoms with E-state index in [1.54, 1.807) is 6.26 Å². The Bertz CT molecular complexity index is 211. The van der Waals surface area contributed by atoms with Gasteiger partial charge in [-0.1, -0.05) is 13.0 Å². The molecule has 0 aliphatic carbocycles. The zero-order valence-corrected chi connectivity index (χ0v) is 7.62. The van der Waals surface area contributed by atoms with Crippen LogP contribution in [0.2, 0.25) is 0 Å². The third-order valence-electron chi connectivity index (χ3n) is 1.99. The van der Waals surface area contributed by atoms with Crippen molar-refractivity contribution >= 4 is 0 Å². The number of hydrogen-bond donors (Lipinski definition) is 0. The highest BCUT2D eigenvalue weighted by atomic mass is 16.3. The minimum absolute atomic E-state index is 0.689. The van der Waals surface area contributed by atoms with Crippen LogP contribution in [0, 0.1) is 5.92 Å². The molecular formula is C11H16O. The van der Waals surface area contributed by atoms with Crippen LogP contribution in [0.3, 0.4) is 0 Å². The Kier molecular flexibility index (Phi) is 3.65. The molecule has 0 bridgehead atoms. The van der Waals surface area contributed by atoms with E-state index in [1.807, 2.05) is 18.2 Å². The van der Waals surface area contributed by atoms with Crippen LogP contribution in [-0.2, 0) is 6.42 Å². The van der Waals surface area contributed by atoms with Gasteiger partial charge in [-0.3, -0.25) is 0 Å². The predicted molar refractivity (Wildman–Crippen MR) is 51.0 cm³/mol. The average Bonchev–Trinajstić information content (AvgIpc) is 2.53. The highest BCUT2D eigenvalue weighted by Crippen LogP contribution is 2.13. The van der Waals surface area contributed by atoms with Crippen molar-refractivity contribution in [3.8, 4) is 0 Å². The first-order valence-corrected chi connectivity index (χ1v) is 4.46. The van der Waals surface area contributed by atoms with E-state index in [1.165, 1.54) is 6.42 Å². The lowest BCUT2D eigenvalue weighted by Gasteiger charge is -2.06. The molecular weight excluding hydrogens is 148 g/mol. The van der Waals surface area contributed by atoms with Crippen LogP contribution in [0.4, 0.5) is 0 Å². The van der Waals surface area contributed by atoms with E-state index in [2.05, 4.69) is 13.5 Å². The lowest BCUT2D eigenvalue weighted by atomic mass is 10.0. The van der Waals surface area contributed by atoms with E-state index >= 15 is 0 Å². The Balaban J connectivity index is 2.26. The van der Waals surface area contributed by atoms with E-state index in [-0.39, 0.29) is 0 Å². The van der Waals surface area contributed by atoms with E-state index in [0.29, 0.717) is 5.92 Å². The van der Waals surface area contributed by atoms with Crippen LogP contribution in [0.15, 0.2) is 35.5 Å². The Morgan fingerprint density at radius 1 is 1.67 bits per heavy atom. The molecule has 1 nitrogen and oxygen atoms in total. The average molecular weight is 164 g/mol. The van der Waals surface area contributed by atoms with Gasteiger partial charge in [0.2, 0.25) is 0 Å². The summed E-state index contributed by atoms with van der Waals surface area (Å²) in [6.07, 6.45) is 7.04. The molecule has 0 aromatic carbocycles. The van der Waals surface area contributed by atoms with Gasteiger partial charge in [0.25, 0.3) is 0 Å². The largest absolute Gasteiger partial charge is 0.469 e. The van der Waals surface area contributed by atoms with Crippen molar-refractivity contribution in [3.63, 3.8) is 0 Å². The molecule has 1 heterocycles. The molecule has 0 unspecified atom stereocenters. The summed E-state index contributed by atoms with van der Waals surface area (Å²) < 4.78 is 5.26. The molecule has 0 amide bonds. The summed E-state index contributed by atoms with van der Waals surface area (Å²) in [5.74, 6) is 1.78. The first-order chi connectivity index (χ1) is 5.83. The fraction of sp³-hybridized carbons (Fsp3) is 0.455. The van der Waals surface area contributed by atoms with Gasteiger partial charge in [0.1, 0.15) is 5.76 Å². The smallest absolute Gasteiger partial charge is 0.104 e. The van der Waals surface area contributed by atoms with Crippen LogP contribution in [-0.4, -0.2) is 0 Å². The van der Waals surface area contributed by atoms with Crippen molar-refractivity contribution in [2.24, 2.45) is 5.92 Å². The maximum atomic E-state index is 5.26. The number of hydrogen-bond acceptors (Lipinski definition) is 1. The number of furan rings is 1. The molecule has 0 spiro atoms. The van der Waals surface area contributed by atoms with E-state index in [4.69, 9.17) is 4.42 Å². The Hall–Kier alpha value is -0.980. The molecule has 1 heteroatoms. The van der Waals surface area contributed by atoms with Gasteiger partial charge in [-0.25, -0.2) is 0 Å². The quantitative estimate of drug-likeness (QED) is 0.608. The first-order valence-electron chi connectivity index (χ1n) is 4.46. The number of allylic oxidation sites excluding steroid dienone is 1. The molecule has 1 aromatic rings. The maximum Gasteiger partial charge on any atom is 0.104 e. The Labute approximate surface area is 74.1 Å². The van der Waals surface area contributed by atoms with Gasteiger partial charge >= 0.3 is 0 Å². The van der Waals surface area contributed by atoms with Gasteiger partial charge in [-0.15, -0.1) is 6.58 Å². The van der Waals surface area contributed by atoms with E-state index in [9.17, 15) is 0 Å². The summed E-state index contributed by atoms with van der Waals surface area (Å²) >= 11 is 0. The van der Waals surface area contributed by atoms with Gasteiger partial charge in [0.15, 0.2) is 0 Å². The van der Waals surface area contributed by atoms with Crippen LogP contribution >= 0.6 is 0 Å². The molecule has 0 aliphatic rings. The fourth-order valence-corrected chi connectivity index (χ4v) is 1.28. The van der Waals surface area contributed by atoms with Crippen molar-refractivity contribution in [1.82, 2.24) is 0 Å². The van der Waals surface area contributed by atoms with E-state index < -0.39 is 0 Å². The minimum atomic E-state index is 0.689. The summed E-state index contributed by atoms with van der Waals surface area (Å²) in [4.78, 5) is 0. The van der Waals surface area contributed by atoms with Crippen LogP contribution in [0.5, 0.6) is 0 Å². The normalized spacial score (nSPS) is 12.8. The lowest BCUT2D eigenvalue weighted by Crippen LogP contribution is -1.97. The van der Waals surface area contributed by atoms with Crippen molar-refractivity contribution in [1.29, 1.82) is 0 Å². The second-order valence-corrected chi connectivity index (χ2v) is 3.25. The van der Waals surface area contributed by atoms with Gasteiger partial charge in [0.05, 0.1) is 6.26 Å². The van der Waals surface area contributed by atoms with Crippen LogP contribution < -0.4 is 0 Å². The summed E-state index contributed by atoms with van der Waals surface area (Å²) in [7, 11) is 0. The predicted octanol–water partition coefficient (Wildman–Crippen LogP) is 3.42. The zero-order valence-electron chi connectivity index (χ0n) is 7.62. The molecule has 0 fully saturated rings. The molecule has 0 radical (unpaired) electrons. The first kappa shape index (κ1) is 9.11. The van der Waals surface area contributed by atoms with Crippen molar-refractivity contribution in [2.75, 3.05) is 0 Å². The number of rotatable bonds is 5. The summed E-state index contributed by atoms with van der Waals surface area (Å²) in [6.45, 7) is 5.95. The fourth-order valence-electron chi connectivity index (χ4n) is 1.28. The monoisotopic (exact) mass is 164 g/mol. The van der Waals surface area contributed by atoms with E-state index in [0.717, 1.165) is 18.6 Å². The van der Waals surface area contributed by atoms with Crippen molar-refractivity contribution in [3.05, 3.63) is 36.8 Å². The molecule has 1 rings (SSSR count). The topological polar surface area (TPSA) is 13.1 Å². The molecule has 0 saturated heterocycles. The summed E-state index contributed by atoms with van der Waals surface area (Å²) in [5, 5.41) is 0. The Morgan fingerprint density at radius 2 is 2.50 bits per heavy atom. The second-order valence-electron chi connectivity index (χ2n) is 3.25. The summed E-state index contributed by atoms with van der Waals surface area (Å²) in [6, 6.07) is 3.97. The van der Waals surface area contributed by atoms with Gasteiger partial charge < -0.3 is 4.42 Å². The zero-order chi connectivity index (χ0) is 8.81. The Morgan fingerprint density at radius 3 is 3.08 bits per heavy atom. The standard InChI is InChI=1S/C11H16O/c1-3-4-6-10(2)9-11-7-5-8-12-11/h3,5,7-8,10H,1,4,6,9H2,2H3/t10-/m0/s1. The van der Waals surface area contributed by atoms with Gasteiger partial charge in [0, 0.05) is 6.42 Å². The minimum Gasteiger partial charge on any atom is -0.469 e. The second kappa shape index (κ2) is 4.81. The highest BCUT2D eigenvalue weighted by Gasteiger charge is 2.03. The molecule has 66 valence electrons. The highest BCUT2D eigenvalue weighted by molar-refractivity contribution is 4.98. The SMILES string of the molecule is C=CCC[C@H](C)Cc1ccco1. The molecule has 0 saturated carbocycles. The molecule has 0 aliphatic heterocycles. The molecule has 1 atom stereocenters. The van der Waals surface area contributed by atoms with Crippen molar-refractivity contribution in [2.45, 2.75) is 26.2 Å². The maximum absolute atomic E-state index is 5.26. The molecule has 1 aromatic heterocycles. The molecule has 12 heavy (non-hydrogen) atoms. The molecule has 0 N–H and O–H groups in total. The third-order valence-corrected chi connectivity index (χ3v) is 1.99. The lowest BCUT2D eigenvalue weighted by molar-refractivity contribution is 0.443.